The second kappa shape index (κ2) is 7.25. The van der Waals surface area contributed by atoms with Crippen LogP contribution in [0.2, 0.25) is 0 Å². The number of aryl methyl sites for hydroxylation is 3. The standard InChI is InChI=1S/C17H21FN4O2/c1-5-22-12(4)14(11(3)21-22)9-19-16(23)17(24)20-13-7-6-10(2)15(18)8-13/h6-8H,5,9H2,1-4H3,(H,19,23)(H,20,24). The van der Waals surface area contributed by atoms with Gasteiger partial charge < -0.3 is 10.6 Å². The predicted octanol–water partition coefficient (Wildman–Crippen LogP) is 2.22. The lowest BCUT2D eigenvalue weighted by atomic mass is 10.2. The Morgan fingerprint density at radius 1 is 1.21 bits per heavy atom. The molecule has 2 aromatic rings. The van der Waals surface area contributed by atoms with Crippen LogP contribution < -0.4 is 10.6 Å². The number of halogens is 1. The van der Waals surface area contributed by atoms with Crippen molar-refractivity contribution in [3.63, 3.8) is 0 Å². The summed E-state index contributed by atoms with van der Waals surface area (Å²) in [6, 6.07) is 4.26. The molecule has 0 atom stereocenters. The average Bonchev–Trinajstić information content (AvgIpc) is 2.82. The number of carbonyl (C=O) groups is 2. The minimum Gasteiger partial charge on any atom is -0.344 e. The molecular formula is C17H21FN4O2. The first-order valence-electron chi connectivity index (χ1n) is 7.71. The minimum atomic E-state index is -0.837. The third-order valence-electron chi connectivity index (χ3n) is 3.89. The van der Waals surface area contributed by atoms with Crippen molar-refractivity contribution in [1.82, 2.24) is 15.1 Å². The third-order valence-corrected chi connectivity index (χ3v) is 3.89. The zero-order valence-electron chi connectivity index (χ0n) is 14.2. The van der Waals surface area contributed by atoms with Gasteiger partial charge in [0.05, 0.1) is 5.69 Å². The van der Waals surface area contributed by atoms with Crippen molar-refractivity contribution in [3.8, 4) is 0 Å². The molecule has 24 heavy (non-hydrogen) atoms. The van der Waals surface area contributed by atoms with E-state index in [2.05, 4.69) is 15.7 Å². The molecule has 128 valence electrons. The van der Waals surface area contributed by atoms with E-state index in [0.29, 0.717) is 5.56 Å². The Hall–Kier alpha value is -2.70. The highest BCUT2D eigenvalue weighted by Crippen LogP contribution is 2.14. The van der Waals surface area contributed by atoms with Crippen LogP contribution in [-0.2, 0) is 22.7 Å². The van der Waals surface area contributed by atoms with Gasteiger partial charge in [-0.3, -0.25) is 14.3 Å². The summed E-state index contributed by atoms with van der Waals surface area (Å²) >= 11 is 0. The summed E-state index contributed by atoms with van der Waals surface area (Å²) in [6.45, 7) is 8.33. The summed E-state index contributed by atoms with van der Waals surface area (Å²) in [5, 5.41) is 9.31. The summed E-state index contributed by atoms with van der Waals surface area (Å²) in [5.41, 5.74) is 3.37. The number of carbonyl (C=O) groups excluding carboxylic acids is 2. The minimum absolute atomic E-state index is 0.214. The Morgan fingerprint density at radius 2 is 1.92 bits per heavy atom. The zero-order valence-corrected chi connectivity index (χ0v) is 14.2. The van der Waals surface area contributed by atoms with E-state index in [4.69, 9.17) is 0 Å². The lowest BCUT2D eigenvalue weighted by Gasteiger charge is -2.08. The number of benzene rings is 1. The van der Waals surface area contributed by atoms with E-state index < -0.39 is 17.6 Å². The highest BCUT2D eigenvalue weighted by Gasteiger charge is 2.16. The molecule has 0 radical (unpaired) electrons. The zero-order chi connectivity index (χ0) is 17.9. The summed E-state index contributed by atoms with van der Waals surface area (Å²) in [5.74, 6) is -2.05. The van der Waals surface area contributed by atoms with Gasteiger partial charge in [0.15, 0.2) is 0 Å². The van der Waals surface area contributed by atoms with Crippen molar-refractivity contribution in [3.05, 3.63) is 46.5 Å². The molecule has 2 N–H and O–H groups in total. The first-order chi connectivity index (χ1) is 11.3. The van der Waals surface area contributed by atoms with Crippen LogP contribution in [0.25, 0.3) is 0 Å². The molecule has 1 aromatic carbocycles. The molecule has 0 unspecified atom stereocenters. The molecule has 6 nitrogen and oxygen atoms in total. The quantitative estimate of drug-likeness (QED) is 0.843. The maximum absolute atomic E-state index is 13.5. The molecule has 2 amide bonds. The molecule has 2 rings (SSSR count). The van der Waals surface area contributed by atoms with Crippen LogP contribution in [-0.4, -0.2) is 21.6 Å². The van der Waals surface area contributed by atoms with Crippen molar-refractivity contribution in [1.29, 1.82) is 0 Å². The maximum Gasteiger partial charge on any atom is 0.313 e. The van der Waals surface area contributed by atoms with Gasteiger partial charge in [0.1, 0.15) is 5.82 Å². The van der Waals surface area contributed by atoms with Gasteiger partial charge in [-0.2, -0.15) is 5.10 Å². The van der Waals surface area contributed by atoms with Crippen LogP contribution in [0.5, 0.6) is 0 Å². The van der Waals surface area contributed by atoms with E-state index in [-0.39, 0.29) is 12.2 Å². The second-order valence-electron chi connectivity index (χ2n) is 5.57. The van der Waals surface area contributed by atoms with Crippen LogP contribution in [0.4, 0.5) is 10.1 Å². The Bertz CT molecular complexity index is 783. The van der Waals surface area contributed by atoms with Crippen molar-refractivity contribution in [2.24, 2.45) is 0 Å². The van der Waals surface area contributed by atoms with Crippen LogP contribution in [0.3, 0.4) is 0 Å². The monoisotopic (exact) mass is 332 g/mol. The van der Waals surface area contributed by atoms with Gasteiger partial charge in [-0.1, -0.05) is 6.07 Å². The third kappa shape index (κ3) is 3.79. The SMILES string of the molecule is CCn1nc(C)c(CNC(=O)C(=O)Nc2ccc(C)c(F)c2)c1C. The molecule has 1 aromatic heterocycles. The van der Waals surface area contributed by atoms with Crippen LogP contribution in [0, 0.1) is 26.6 Å². The largest absolute Gasteiger partial charge is 0.344 e. The topological polar surface area (TPSA) is 76.0 Å². The first-order valence-corrected chi connectivity index (χ1v) is 7.71. The summed E-state index contributed by atoms with van der Waals surface area (Å²) in [7, 11) is 0. The normalized spacial score (nSPS) is 10.5. The average molecular weight is 332 g/mol. The number of anilines is 1. The van der Waals surface area contributed by atoms with E-state index >= 15 is 0 Å². The van der Waals surface area contributed by atoms with Gasteiger partial charge in [0.25, 0.3) is 0 Å². The van der Waals surface area contributed by atoms with E-state index in [9.17, 15) is 14.0 Å². The molecule has 7 heteroatoms. The molecule has 0 saturated carbocycles. The number of hydrogen-bond donors (Lipinski definition) is 2. The van der Waals surface area contributed by atoms with E-state index in [1.807, 2.05) is 25.5 Å². The van der Waals surface area contributed by atoms with Gasteiger partial charge in [0, 0.05) is 30.0 Å². The van der Waals surface area contributed by atoms with Crippen molar-refractivity contribution < 1.29 is 14.0 Å². The maximum atomic E-state index is 13.5. The van der Waals surface area contributed by atoms with Crippen LogP contribution in [0.1, 0.15) is 29.4 Å². The van der Waals surface area contributed by atoms with E-state index in [1.54, 1.807) is 13.0 Å². The first kappa shape index (κ1) is 17.7. The lowest BCUT2D eigenvalue weighted by molar-refractivity contribution is -0.136. The number of hydrogen-bond acceptors (Lipinski definition) is 3. The van der Waals surface area contributed by atoms with Gasteiger partial charge in [-0.05, 0) is 45.4 Å². The van der Waals surface area contributed by atoms with Crippen molar-refractivity contribution >= 4 is 17.5 Å². The fourth-order valence-corrected chi connectivity index (χ4v) is 2.41. The molecule has 0 spiro atoms. The Kier molecular flexibility index (Phi) is 5.33. The Balaban J connectivity index is 1.98. The molecule has 1 heterocycles. The number of amides is 2. The molecule has 0 bridgehead atoms. The summed E-state index contributed by atoms with van der Waals surface area (Å²) < 4.78 is 15.3. The van der Waals surface area contributed by atoms with Crippen LogP contribution >= 0.6 is 0 Å². The van der Waals surface area contributed by atoms with Crippen LogP contribution in [0.15, 0.2) is 18.2 Å². The van der Waals surface area contributed by atoms with E-state index in [1.165, 1.54) is 12.1 Å². The Labute approximate surface area is 140 Å². The predicted molar refractivity (Wildman–Crippen MR) is 89.0 cm³/mol. The van der Waals surface area contributed by atoms with E-state index in [0.717, 1.165) is 23.5 Å². The number of nitrogens with one attached hydrogen (secondary N) is 2. The summed E-state index contributed by atoms with van der Waals surface area (Å²) in [6.07, 6.45) is 0. The lowest BCUT2D eigenvalue weighted by Crippen LogP contribution is -2.35. The fourth-order valence-electron chi connectivity index (χ4n) is 2.41. The highest BCUT2D eigenvalue weighted by molar-refractivity contribution is 6.39. The smallest absolute Gasteiger partial charge is 0.313 e. The van der Waals surface area contributed by atoms with Gasteiger partial charge >= 0.3 is 11.8 Å². The second-order valence-corrected chi connectivity index (χ2v) is 5.57. The highest BCUT2D eigenvalue weighted by atomic mass is 19.1. The van der Waals surface area contributed by atoms with Crippen molar-refractivity contribution in [2.75, 3.05) is 5.32 Å². The molecule has 0 aliphatic heterocycles. The van der Waals surface area contributed by atoms with Crippen molar-refractivity contribution in [2.45, 2.75) is 40.8 Å². The fraction of sp³-hybridized carbons (Fsp3) is 0.353. The number of nitrogens with zero attached hydrogens (tertiary/aromatic N) is 2. The molecule has 0 saturated heterocycles. The summed E-state index contributed by atoms with van der Waals surface area (Å²) in [4.78, 5) is 23.8. The van der Waals surface area contributed by atoms with Gasteiger partial charge in [-0.15, -0.1) is 0 Å². The molecular weight excluding hydrogens is 311 g/mol. The molecule has 0 aliphatic carbocycles. The molecule has 0 fully saturated rings. The Morgan fingerprint density at radius 3 is 2.50 bits per heavy atom. The van der Waals surface area contributed by atoms with Gasteiger partial charge in [-0.25, -0.2) is 4.39 Å². The number of rotatable bonds is 4. The van der Waals surface area contributed by atoms with Gasteiger partial charge in [0.2, 0.25) is 0 Å². The number of aromatic nitrogens is 2. The molecule has 0 aliphatic rings.